The smallest absolute Gasteiger partial charge is 0.247 e. The first-order chi connectivity index (χ1) is 21.5. The van der Waals surface area contributed by atoms with Gasteiger partial charge < -0.3 is 10.1 Å². The van der Waals surface area contributed by atoms with Crippen LogP contribution in [0.15, 0.2) is 91.0 Å². The van der Waals surface area contributed by atoms with Crippen molar-refractivity contribution >= 4 is 46.6 Å². The molecule has 45 heavy (non-hydrogen) atoms. The van der Waals surface area contributed by atoms with Crippen molar-refractivity contribution in [3.63, 3.8) is 0 Å². The van der Waals surface area contributed by atoms with Crippen molar-refractivity contribution in [3.8, 4) is 11.5 Å². The van der Waals surface area contributed by atoms with Crippen molar-refractivity contribution in [2.24, 2.45) is 11.8 Å². The molecule has 1 fully saturated rings. The largest absolute Gasteiger partial charge is 0.457 e. The highest BCUT2D eigenvalue weighted by atomic mass is 35.5. The Balaban J connectivity index is 1.15. The Hall–Kier alpha value is -4.13. The average Bonchev–Trinajstić information content (AvgIpc) is 3.31. The first-order valence-corrected chi connectivity index (χ1v) is 15.9. The van der Waals surface area contributed by atoms with Gasteiger partial charge in [0.25, 0.3) is 0 Å². The number of aryl methyl sites for hydroxylation is 1. The summed E-state index contributed by atoms with van der Waals surface area (Å²) in [5, 5.41) is 2.86. The van der Waals surface area contributed by atoms with Crippen LogP contribution in [0, 0.1) is 18.8 Å². The Kier molecular flexibility index (Phi) is 6.88. The minimum absolute atomic E-state index is 0.293. The monoisotopic (exact) mass is 638 g/mol. The number of carbonyl (C=O) groups excluding carboxylic acids is 3. The molecule has 3 amide bonds. The summed E-state index contributed by atoms with van der Waals surface area (Å²) in [6.45, 7) is 7.80. The van der Waals surface area contributed by atoms with Gasteiger partial charge >= 0.3 is 0 Å². The molecule has 0 unspecified atom stereocenters. The summed E-state index contributed by atoms with van der Waals surface area (Å²) < 4.78 is 6.19. The Morgan fingerprint density at radius 2 is 1.27 bits per heavy atom. The van der Waals surface area contributed by atoms with E-state index >= 15 is 0 Å². The topological polar surface area (TPSA) is 75.7 Å². The van der Waals surface area contributed by atoms with Crippen LogP contribution in [-0.2, 0) is 24.1 Å². The zero-order valence-corrected chi connectivity index (χ0v) is 26.8. The minimum Gasteiger partial charge on any atom is -0.457 e. The van der Waals surface area contributed by atoms with Gasteiger partial charge in [-0.15, -0.1) is 23.2 Å². The van der Waals surface area contributed by atoms with E-state index in [-0.39, 0.29) is 0 Å². The maximum Gasteiger partial charge on any atom is 0.247 e. The molecule has 4 aromatic rings. The van der Waals surface area contributed by atoms with Crippen molar-refractivity contribution < 1.29 is 19.1 Å². The highest BCUT2D eigenvalue weighted by Gasteiger charge is 2.73. The lowest BCUT2D eigenvalue weighted by molar-refractivity contribution is -0.146. The molecule has 0 aromatic heterocycles. The van der Waals surface area contributed by atoms with Gasteiger partial charge in [-0.3, -0.25) is 19.3 Å². The number of imide groups is 1. The van der Waals surface area contributed by atoms with Gasteiger partial charge in [-0.05, 0) is 83.5 Å². The highest BCUT2D eigenvalue weighted by Crippen LogP contribution is 2.69. The fourth-order valence-electron chi connectivity index (χ4n) is 7.37. The molecular formula is C37H32Cl2N2O4. The summed E-state index contributed by atoms with van der Waals surface area (Å²) in [5.41, 5.74) is 5.57. The van der Waals surface area contributed by atoms with Gasteiger partial charge in [0.15, 0.2) is 0 Å². The number of likely N-dealkylation sites (tertiary alicyclic amines) is 1. The van der Waals surface area contributed by atoms with Crippen LogP contribution < -0.4 is 10.1 Å². The van der Waals surface area contributed by atoms with Crippen LogP contribution in [0.3, 0.4) is 0 Å². The number of rotatable bonds is 6. The third kappa shape index (κ3) is 4.19. The quantitative estimate of drug-likeness (QED) is 0.172. The van der Waals surface area contributed by atoms with E-state index < -0.39 is 45.3 Å². The van der Waals surface area contributed by atoms with Crippen LogP contribution in [-0.4, -0.2) is 28.7 Å². The summed E-state index contributed by atoms with van der Waals surface area (Å²) >= 11 is 15.0. The van der Waals surface area contributed by atoms with Crippen LogP contribution >= 0.6 is 23.2 Å². The highest BCUT2D eigenvalue weighted by molar-refractivity contribution is 6.36. The molecule has 0 saturated carbocycles. The summed E-state index contributed by atoms with van der Waals surface area (Å²) in [6.07, 6.45) is 0. The van der Waals surface area contributed by atoms with E-state index in [0.29, 0.717) is 17.4 Å². The van der Waals surface area contributed by atoms with E-state index in [1.807, 2.05) is 61.5 Å². The predicted octanol–water partition coefficient (Wildman–Crippen LogP) is 7.83. The molecule has 4 aromatic carbocycles. The van der Waals surface area contributed by atoms with Crippen LogP contribution in [0.5, 0.6) is 11.5 Å². The van der Waals surface area contributed by atoms with Gasteiger partial charge in [0.1, 0.15) is 27.3 Å². The van der Waals surface area contributed by atoms with Crippen LogP contribution in [0.2, 0.25) is 0 Å². The Bertz CT molecular complexity index is 1760. The Morgan fingerprint density at radius 1 is 0.778 bits per heavy atom. The molecule has 228 valence electrons. The van der Waals surface area contributed by atoms with E-state index in [1.165, 1.54) is 0 Å². The number of ether oxygens (including phenoxy) is 1. The standard InChI is InChI=1S/C37H32Cl2N2O4/c1-20(2)25-18-13-21(3)19-30(25)45-24-16-14-23(15-17-24)40-33(42)22(4)41-34(43)31-32(35(41)44)37(39)27-10-6-5-9-26(27)36(31,38)28-11-7-8-12-29(28)37/h5-20,22,31-32H,1-4H3,(H,40,42)/t22-,31-,32+,36?,37?/m0/s1. The van der Waals surface area contributed by atoms with Crippen LogP contribution in [0.25, 0.3) is 0 Å². The molecule has 1 heterocycles. The number of amides is 3. The second-order valence-electron chi connectivity index (χ2n) is 12.5. The van der Waals surface area contributed by atoms with Gasteiger partial charge in [0.05, 0.1) is 11.8 Å². The van der Waals surface area contributed by atoms with E-state index in [1.54, 1.807) is 31.2 Å². The molecule has 8 heteroatoms. The molecule has 3 aliphatic carbocycles. The second-order valence-corrected chi connectivity index (χ2v) is 13.7. The molecule has 6 nitrogen and oxygen atoms in total. The molecule has 2 bridgehead atoms. The van der Waals surface area contributed by atoms with Crippen molar-refractivity contribution in [1.82, 2.24) is 4.90 Å². The van der Waals surface area contributed by atoms with Crippen molar-refractivity contribution in [3.05, 3.63) is 124 Å². The lowest BCUT2D eigenvalue weighted by Gasteiger charge is -2.54. The van der Waals surface area contributed by atoms with E-state index in [4.69, 9.17) is 27.9 Å². The zero-order valence-electron chi connectivity index (χ0n) is 25.3. The van der Waals surface area contributed by atoms with Gasteiger partial charge in [0, 0.05) is 5.69 Å². The lowest BCUT2D eigenvalue weighted by Crippen LogP contribution is -2.57. The number of alkyl halides is 2. The number of nitrogens with zero attached hydrogens (tertiary/aromatic N) is 1. The van der Waals surface area contributed by atoms with Crippen LogP contribution in [0.1, 0.15) is 60.1 Å². The molecule has 0 spiro atoms. The fourth-order valence-corrected chi connectivity index (χ4v) is 8.47. The Morgan fingerprint density at radius 3 is 1.73 bits per heavy atom. The predicted molar refractivity (Wildman–Crippen MR) is 175 cm³/mol. The second kappa shape index (κ2) is 10.5. The fraction of sp³-hybridized carbons (Fsp3) is 0.270. The number of benzene rings is 4. The molecule has 3 atom stereocenters. The number of hydrogen-bond donors (Lipinski definition) is 1. The van der Waals surface area contributed by atoms with Crippen molar-refractivity contribution in [1.29, 1.82) is 0 Å². The summed E-state index contributed by atoms with van der Waals surface area (Å²) in [7, 11) is 0. The first kappa shape index (κ1) is 29.6. The molecule has 1 N–H and O–H groups in total. The summed E-state index contributed by atoms with van der Waals surface area (Å²) in [6, 6.07) is 27.0. The molecule has 4 aliphatic rings. The summed E-state index contributed by atoms with van der Waals surface area (Å²) in [4.78, 5) is 40.4. The SMILES string of the molecule is Cc1ccc(C(C)C)c(Oc2ccc(NC(=O)[C@H](C)N3C(=O)[C@@H]4[C@H](C3=O)C3(Cl)c5ccccc5C4(Cl)c4ccccc43)cc2)c1. The molecule has 1 aliphatic heterocycles. The Labute approximate surface area is 272 Å². The number of hydrogen-bond acceptors (Lipinski definition) is 4. The molecule has 8 rings (SSSR count). The maximum atomic E-state index is 14.2. The number of carbonyl (C=O) groups is 3. The van der Waals surface area contributed by atoms with Gasteiger partial charge in [-0.2, -0.15) is 0 Å². The van der Waals surface area contributed by atoms with Crippen molar-refractivity contribution in [2.45, 2.75) is 49.4 Å². The van der Waals surface area contributed by atoms with E-state index in [2.05, 4.69) is 31.3 Å². The maximum absolute atomic E-state index is 14.2. The molecule has 0 radical (unpaired) electrons. The third-order valence-electron chi connectivity index (χ3n) is 9.53. The molecular weight excluding hydrogens is 607 g/mol. The first-order valence-electron chi connectivity index (χ1n) is 15.1. The van der Waals surface area contributed by atoms with Gasteiger partial charge in [-0.1, -0.05) is 74.5 Å². The summed E-state index contributed by atoms with van der Waals surface area (Å²) in [5.74, 6) is -1.72. The van der Waals surface area contributed by atoms with Gasteiger partial charge in [0.2, 0.25) is 17.7 Å². The number of anilines is 1. The van der Waals surface area contributed by atoms with Gasteiger partial charge in [-0.25, -0.2) is 0 Å². The number of halogens is 2. The zero-order chi connectivity index (χ0) is 31.8. The minimum atomic E-state index is -1.30. The van der Waals surface area contributed by atoms with E-state index in [9.17, 15) is 14.4 Å². The van der Waals surface area contributed by atoms with Crippen LogP contribution in [0.4, 0.5) is 5.69 Å². The third-order valence-corrected chi connectivity index (χ3v) is 10.8. The number of nitrogens with one attached hydrogen (secondary N) is 1. The van der Waals surface area contributed by atoms with E-state index in [0.717, 1.165) is 44.0 Å². The lowest BCUT2D eigenvalue weighted by atomic mass is 9.54. The normalized spacial score (nSPS) is 25.1. The average molecular weight is 640 g/mol. The van der Waals surface area contributed by atoms with Crippen molar-refractivity contribution in [2.75, 3.05) is 5.32 Å². The molecule has 1 saturated heterocycles.